The number of ether oxygens (including phenoxy) is 2. The van der Waals surface area contributed by atoms with Crippen molar-refractivity contribution in [3.05, 3.63) is 85.9 Å². The number of fused-ring (bicyclic) bond motifs is 2. The fourth-order valence-electron chi connectivity index (χ4n) is 8.06. The second-order valence-corrected chi connectivity index (χ2v) is 20.0. The molecule has 0 aliphatic carbocycles. The van der Waals surface area contributed by atoms with Crippen LogP contribution in [-0.4, -0.2) is 62.3 Å². The predicted octanol–water partition coefficient (Wildman–Crippen LogP) is 6.20. The third-order valence-electron chi connectivity index (χ3n) is 10.3. The van der Waals surface area contributed by atoms with Crippen LogP contribution in [0.1, 0.15) is 37.3 Å². The Morgan fingerprint density at radius 1 is 1.13 bits per heavy atom. The highest BCUT2D eigenvalue weighted by Crippen LogP contribution is 2.60. The van der Waals surface area contributed by atoms with Gasteiger partial charge in [0.25, 0.3) is 5.91 Å². The van der Waals surface area contributed by atoms with Crippen LogP contribution in [-0.2, 0) is 26.5 Å². The van der Waals surface area contributed by atoms with Crippen LogP contribution in [0.15, 0.2) is 71.2 Å². The maximum Gasteiger partial charge on any atom is 0.264 e. The Hall–Kier alpha value is -2.25. The van der Waals surface area contributed by atoms with Gasteiger partial charge < -0.3 is 24.4 Å². The van der Waals surface area contributed by atoms with Gasteiger partial charge in [0, 0.05) is 26.1 Å². The van der Waals surface area contributed by atoms with E-state index in [0.29, 0.717) is 13.1 Å². The fourth-order valence-corrected chi connectivity index (χ4v) is 12.8. The summed E-state index contributed by atoms with van der Waals surface area (Å²) in [6.45, 7) is 7.83. The third-order valence-corrected chi connectivity index (χ3v) is 15.9. The van der Waals surface area contributed by atoms with Crippen LogP contribution in [0, 0.1) is 9.49 Å². The minimum absolute atomic E-state index is 0.0130. The van der Waals surface area contributed by atoms with E-state index >= 15 is 0 Å². The Morgan fingerprint density at radius 2 is 1.84 bits per heavy atom. The van der Waals surface area contributed by atoms with Gasteiger partial charge in [-0.3, -0.25) is 9.59 Å². The van der Waals surface area contributed by atoms with Crippen LogP contribution in [0.3, 0.4) is 0 Å². The molecule has 3 aromatic carbocycles. The first-order valence-corrected chi connectivity index (χ1v) is 20.5. The Morgan fingerprint density at radius 3 is 2.51 bits per heavy atom. The summed E-state index contributed by atoms with van der Waals surface area (Å²) in [6, 6.07) is 22.3. The summed E-state index contributed by atoms with van der Waals surface area (Å²) in [7, 11) is -0.720. The van der Waals surface area contributed by atoms with Crippen molar-refractivity contribution in [2.75, 3.05) is 25.2 Å². The van der Waals surface area contributed by atoms with Crippen LogP contribution >= 0.6 is 38.5 Å². The van der Waals surface area contributed by atoms with Gasteiger partial charge >= 0.3 is 0 Å². The zero-order valence-electron chi connectivity index (χ0n) is 26.1. The van der Waals surface area contributed by atoms with Crippen LogP contribution in [0.4, 0.5) is 5.69 Å². The van der Waals surface area contributed by atoms with Gasteiger partial charge in [-0.05, 0) is 89.0 Å². The minimum Gasteiger partial charge on any atom is -0.497 e. The van der Waals surface area contributed by atoms with Crippen molar-refractivity contribution in [2.45, 2.75) is 69.1 Å². The standard InChI is InChI=1S/C35H40BrIN2O5Si/c1-22-33(45(3,4)28-14-12-27(43-2)13-15-28)31(19-32(41)38-17-5-6-26(38)21-40)44-35(22)29-18-24(36)9-16-30(29)39(34(35)42)20-23-7-10-25(37)11-8-23/h7-16,18,22,26,31,33,40H,5-6,17,19-21H2,1-4H3/t22-,26-,31+,33-,35+/m0/s1. The SMILES string of the molecule is COc1ccc([Si](C)(C)[C@@H]2[C@@H](CC(=O)N3CCC[C@H]3CO)O[C@]3(C(=O)N(Cc4ccc(I)cc4)c4ccc(Br)cc43)[C@H]2C)cc1. The molecule has 0 aromatic heterocycles. The Balaban J connectivity index is 1.44. The molecule has 3 aromatic rings. The van der Waals surface area contributed by atoms with Gasteiger partial charge in [-0.1, -0.05) is 65.4 Å². The van der Waals surface area contributed by atoms with E-state index in [-0.39, 0.29) is 42.3 Å². The topological polar surface area (TPSA) is 79.3 Å². The van der Waals surface area contributed by atoms with Crippen LogP contribution in [0.5, 0.6) is 5.75 Å². The third kappa shape index (κ3) is 5.68. The van der Waals surface area contributed by atoms with E-state index in [9.17, 15) is 14.7 Å². The van der Waals surface area contributed by atoms with Crippen molar-refractivity contribution < 1.29 is 24.2 Å². The molecule has 3 aliphatic rings. The van der Waals surface area contributed by atoms with Gasteiger partial charge in [0.1, 0.15) is 5.75 Å². The summed E-state index contributed by atoms with van der Waals surface area (Å²) in [5, 5.41) is 11.2. The molecule has 5 atom stereocenters. The molecule has 45 heavy (non-hydrogen) atoms. The molecule has 6 rings (SSSR count). The van der Waals surface area contributed by atoms with E-state index < -0.39 is 19.8 Å². The number of methoxy groups -OCH3 is 1. The van der Waals surface area contributed by atoms with Gasteiger partial charge in [0.15, 0.2) is 5.60 Å². The first-order valence-electron chi connectivity index (χ1n) is 15.6. The summed E-state index contributed by atoms with van der Waals surface area (Å²) in [5.74, 6) is 0.507. The summed E-state index contributed by atoms with van der Waals surface area (Å²) in [4.78, 5) is 32.5. The van der Waals surface area contributed by atoms with Gasteiger partial charge in [-0.15, -0.1) is 0 Å². The number of hydrogen-bond acceptors (Lipinski definition) is 5. The number of carbonyl (C=O) groups excluding carboxylic acids is 2. The average molecular weight is 804 g/mol. The number of aliphatic hydroxyl groups excluding tert-OH is 1. The number of halogens is 2. The first-order chi connectivity index (χ1) is 21.5. The summed E-state index contributed by atoms with van der Waals surface area (Å²) >= 11 is 5.97. The van der Waals surface area contributed by atoms with Crippen molar-refractivity contribution in [2.24, 2.45) is 5.92 Å². The molecule has 238 valence electrons. The van der Waals surface area contributed by atoms with Gasteiger partial charge in [0.2, 0.25) is 5.91 Å². The first kappa shape index (κ1) is 32.7. The summed E-state index contributed by atoms with van der Waals surface area (Å²) in [5.41, 5.74) is 1.48. The molecule has 1 spiro atoms. The van der Waals surface area contributed by atoms with E-state index in [1.807, 2.05) is 40.1 Å². The monoisotopic (exact) mass is 802 g/mol. The van der Waals surface area contributed by atoms with E-state index in [4.69, 9.17) is 9.47 Å². The van der Waals surface area contributed by atoms with Crippen LogP contribution in [0.25, 0.3) is 0 Å². The number of amides is 2. The second-order valence-electron chi connectivity index (χ2n) is 13.1. The highest BCUT2D eigenvalue weighted by molar-refractivity contribution is 14.1. The highest BCUT2D eigenvalue weighted by atomic mass is 127. The van der Waals surface area contributed by atoms with Gasteiger partial charge in [-0.2, -0.15) is 0 Å². The van der Waals surface area contributed by atoms with Crippen molar-refractivity contribution >= 4 is 69.3 Å². The molecule has 2 fully saturated rings. The molecule has 3 heterocycles. The van der Waals surface area contributed by atoms with Gasteiger partial charge in [0.05, 0.1) is 52.6 Å². The van der Waals surface area contributed by atoms with Crippen molar-refractivity contribution in [3.63, 3.8) is 0 Å². The molecule has 2 saturated heterocycles. The average Bonchev–Trinajstić information content (AvgIpc) is 3.69. The Kier molecular flexibility index (Phi) is 9.25. The molecule has 1 N–H and O–H groups in total. The van der Waals surface area contributed by atoms with E-state index in [1.165, 1.54) is 5.19 Å². The molecule has 0 bridgehead atoms. The number of rotatable bonds is 8. The zero-order valence-corrected chi connectivity index (χ0v) is 30.9. The second kappa shape index (κ2) is 12.7. The van der Waals surface area contributed by atoms with E-state index in [1.54, 1.807) is 7.11 Å². The quantitative estimate of drug-likeness (QED) is 0.217. The maximum atomic E-state index is 14.9. The largest absolute Gasteiger partial charge is 0.497 e. The number of carbonyl (C=O) groups is 2. The molecule has 2 amide bonds. The summed E-state index contributed by atoms with van der Waals surface area (Å²) in [6.07, 6.45) is 1.39. The number of hydrogen-bond donors (Lipinski definition) is 1. The Bertz CT molecular complexity index is 1590. The zero-order chi connectivity index (χ0) is 32.1. The van der Waals surface area contributed by atoms with Crippen molar-refractivity contribution in [3.8, 4) is 5.75 Å². The summed E-state index contributed by atoms with van der Waals surface area (Å²) < 4.78 is 14.6. The molecular formula is C35H40BrIN2O5Si. The fraction of sp³-hybridized carbons (Fsp3) is 0.429. The molecule has 0 saturated carbocycles. The number of aliphatic hydroxyl groups is 1. The molecule has 7 nitrogen and oxygen atoms in total. The minimum atomic E-state index is -2.38. The van der Waals surface area contributed by atoms with Crippen LogP contribution in [0.2, 0.25) is 18.6 Å². The number of likely N-dealkylation sites (tertiary alicyclic amines) is 1. The van der Waals surface area contributed by atoms with E-state index in [0.717, 1.165) is 43.4 Å². The Labute approximate surface area is 288 Å². The maximum absolute atomic E-state index is 14.9. The smallest absolute Gasteiger partial charge is 0.264 e. The molecule has 3 aliphatic heterocycles. The highest BCUT2D eigenvalue weighted by Gasteiger charge is 2.66. The van der Waals surface area contributed by atoms with Crippen LogP contribution < -0.4 is 14.8 Å². The molecule has 0 radical (unpaired) electrons. The van der Waals surface area contributed by atoms with E-state index in [2.05, 4.69) is 94.9 Å². The lowest BCUT2D eigenvalue weighted by Gasteiger charge is -2.37. The molecule has 0 unspecified atom stereocenters. The van der Waals surface area contributed by atoms with Crippen molar-refractivity contribution in [1.82, 2.24) is 4.90 Å². The normalized spacial score (nSPS) is 26.2. The van der Waals surface area contributed by atoms with Crippen molar-refractivity contribution in [1.29, 1.82) is 0 Å². The number of anilines is 1. The lowest BCUT2D eigenvalue weighted by molar-refractivity contribution is -0.150. The lowest BCUT2D eigenvalue weighted by Crippen LogP contribution is -2.52. The predicted molar refractivity (Wildman–Crippen MR) is 191 cm³/mol. The number of benzene rings is 3. The number of nitrogens with zero attached hydrogens (tertiary/aromatic N) is 2. The lowest BCUT2D eigenvalue weighted by atomic mass is 9.82. The molecule has 10 heteroatoms. The van der Waals surface area contributed by atoms with Gasteiger partial charge in [-0.25, -0.2) is 0 Å². The molecular weight excluding hydrogens is 763 g/mol.